The second kappa shape index (κ2) is 6.79. The molecule has 4 heterocycles. The van der Waals surface area contributed by atoms with Crippen LogP contribution in [-0.2, 0) is 11.3 Å². The molecule has 1 aliphatic heterocycles. The summed E-state index contributed by atoms with van der Waals surface area (Å²) in [5.74, 6) is 1.10. The fourth-order valence-corrected chi connectivity index (χ4v) is 3.10. The molecule has 1 saturated heterocycles. The first kappa shape index (κ1) is 16.0. The number of halogens is 1. The minimum absolute atomic E-state index is 0.164. The van der Waals surface area contributed by atoms with Gasteiger partial charge in [0.1, 0.15) is 12.0 Å². The van der Waals surface area contributed by atoms with Crippen molar-refractivity contribution < 1.29 is 13.5 Å². The average molecular weight is 345 g/mol. The average Bonchev–Trinajstić information content (AvgIpc) is 3.10. The zero-order valence-corrected chi connectivity index (χ0v) is 14.0. The summed E-state index contributed by atoms with van der Waals surface area (Å²) in [6.45, 7) is 3.04. The predicted molar refractivity (Wildman–Crippen MR) is 89.5 cm³/mol. The molecule has 0 saturated carbocycles. The molecule has 0 radical (unpaired) electrons. The lowest BCUT2D eigenvalue weighted by Gasteiger charge is -2.16. The molecule has 1 fully saturated rings. The molecule has 0 aliphatic carbocycles. The third-order valence-corrected chi connectivity index (χ3v) is 4.32. The van der Waals surface area contributed by atoms with Gasteiger partial charge in [0.15, 0.2) is 17.0 Å². The van der Waals surface area contributed by atoms with E-state index in [0.29, 0.717) is 30.1 Å². The van der Waals surface area contributed by atoms with E-state index in [0.717, 1.165) is 37.0 Å². The monoisotopic (exact) mass is 345 g/mol. The van der Waals surface area contributed by atoms with Crippen LogP contribution in [0.1, 0.15) is 43.2 Å². The number of rotatable bonds is 4. The maximum atomic E-state index is 14.0. The van der Waals surface area contributed by atoms with E-state index in [9.17, 15) is 4.39 Å². The number of imidazole rings is 1. The Labute approximate surface area is 144 Å². The molecule has 0 amide bonds. The summed E-state index contributed by atoms with van der Waals surface area (Å²) in [5, 5.41) is 3.09. The number of aryl methyl sites for hydroxylation is 1. The van der Waals surface area contributed by atoms with Gasteiger partial charge in [0.25, 0.3) is 0 Å². The second-order valence-electron chi connectivity index (χ2n) is 6.28. The Morgan fingerprint density at radius 2 is 2.24 bits per heavy atom. The molecule has 3 aromatic rings. The summed E-state index contributed by atoms with van der Waals surface area (Å²) in [5.41, 5.74) is 2.00. The Morgan fingerprint density at radius 1 is 1.32 bits per heavy atom. The molecule has 1 atom stereocenters. The maximum Gasteiger partial charge on any atom is 0.312 e. The van der Waals surface area contributed by atoms with E-state index in [-0.39, 0.29) is 6.23 Å². The van der Waals surface area contributed by atoms with Crippen LogP contribution in [0.5, 0.6) is 0 Å². The van der Waals surface area contributed by atoms with Crippen LogP contribution in [0.4, 0.5) is 10.2 Å². The van der Waals surface area contributed by atoms with Gasteiger partial charge in [-0.3, -0.25) is 4.57 Å². The Balaban J connectivity index is 1.63. The lowest BCUT2D eigenvalue weighted by Crippen LogP contribution is -2.12. The molecule has 25 heavy (non-hydrogen) atoms. The van der Waals surface area contributed by atoms with Crippen LogP contribution < -0.4 is 5.32 Å². The maximum absolute atomic E-state index is 14.0. The molecule has 4 rings (SSSR count). The van der Waals surface area contributed by atoms with Gasteiger partial charge < -0.3 is 14.5 Å². The van der Waals surface area contributed by atoms with Gasteiger partial charge in [-0.25, -0.2) is 4.98 Å². The fraction of sp³-hybridized carbons (Fsp3) is 0.471. The number of aromatic nitrogens is 4. The van der Waals surface area contributed by atoms with E-state index >= 15 is 0 Å². The SMILES string of the molecule is Cc1coc(CNc2nc(F)nc3c2ncn3C2CCCCCO2)c1. The Bertz CT molecular complexity index is 867. The molecule has 3 aromatic heterocycles. The van der Waals surface area contributed by atoms with Crippen molar-refractivity contribution >= 4 is 17.0 Å². The molecule has 0 spiro atoms. The summed E-state index contributed by atoms with van der Waals surface area (Å²) in [7, 11) is 0. The number of anilines is 1. The van der Waals surface area contributed by atoms with Crippen molar-refractivity contribution in [1.29, 1.82) is 0 Å². The number of nitrogens with zero attached hydrogens (tertiary/aromatic N) is 4. The summed E-state index contributed by atoms with van der Waals surface area (Å²) in [6.07, 6.45) is 6.49. The summed E-state index contributed by atoms with van der Waals surface area (Å²) in [4.78, 5) is 12.2. The number of hydrogen-bond donors (Lipinski definition) is 1. The van der Waals surface area contributed by atoms with Crippen molar-refractivity contribution in [3.05, 3.63) is 36.1 Å². The Morgan fingerprint density at radius 3 is 3.08 bits per heavy atom. The van der Waals surface area contributed by atoms with Crippen LogP contribution in [0.15, 0.2) is 23.1 Å². The topological polar surface area (TPSA) is 78.0 Å². The van der Waals surface area contributed by atoms with Gasteiger partial charge in [-0.15, -0.1) is 0 Å². The van der Waals surface area contributed by atoms with Crippen molar-refractivity contribution in [3.8, 4) is 0 Å². The molecule has 8 heteroatoms. The molecule has 1 N–H and O–H groups in total. The minimum atomic E-state index is -0.791. The predicted octanol–water partition coefficient (Wildman–Crippen LogP) is 3.57. The normalized spacial score (nSPS) is 18.4. The van der Waals surface area contributed by atoms with Gasteiger partial charge in [0.2, 0.25) is 0 Å². The summed E-state index contributed by atoms with van der Waals surface area (Å²) >= 11 is 0. The highest BCUT2D eigenvalue weighted by Crippen LogP contribution is 2.27. The second-order valence-corrected chi connectivity index (χ2v) is 6.28. The number of furan rings is 1. The number of nitrogens with one attached hydrogen (secondary N) is 1. The summed E-state index contributed by atoms with van der Waals surface area (Å²) < 4.78 is 27.0. The van der Waals surface area contributed by atoms with Gasteiger partial charge in [0, 0.05) is 6.61 Å². The lowest BCUT2D eigenvalue weighted by molar-refractivity contribution is 0.00928. The third kappa shape index (κ3) is 3.34. The molecule has 1 unspecified atom stereocenters. The first-order valence-electron chi connectivity index (χ1n) is 8.50. The molecule has 7 nitrogen and oxygen atoms in total. The largest absolute Gasteiger partial charge is 0.467 e. The molecule has 0 aromatic carbocycles. The van der Waals surface area contributed by atoms with E-state index in [1.807, 2.05) is 13.0 Å². The minimum Gasteiger partial charge on any atom is -0.467 e. The highest BCUT2D eigenvalue weighted by molar-refractivity contribution is 5.82. The van der Waals surface area contributed by atoms with Crippen LogP contribution >= 0.6 is 0 Å². The number of ether oxygens (including phenoxy) is 1. The van der Waals surface area contributed by atoms with Crippen molar-refractivity contribution in [2.75, 3.05) is 11.9 Å². The highest BCUT2D eigenvalue weighted by atomic mass is 19.1. The van der Waals surface area contributed by atoms with Gasteiger partial charge in [-0.1, -0.05) is 6.42 Å². The highest BCUT2D eigenvalue weighted by Gasteiger charge is 2.20. The standard InChI is InChI=1S/C17H20FN5O2/c1-11-7-12(25-9-11)8-19-15-14-16(22-17(18)21-15)23(10-20-14)13-5-3-2-4-6-24-13/h7,9-10,13H,2-6,8H2,1H3,(H,19,21,22). The third-order valence-electron chi connectivity index (χ3n) is 4.32. The van der Waals surface area contributed by atoms with Gasteiger partial charge in [-0.05, 0) is 37.8 Å². The van der Waals surface area contributed by atoms with Crippen molar-refractivity contribution in [2.45, 2.75) is 45.4 Å². The number of hydrogen-bond acceptors (Lipinski definition) is 6. The summed E-state index contributed by atoms with van der Waals surface area (Å²) in [6, 6.07) is 1.92. The van der Waals surface area contributed by atoms with Gasteiger partial charge in [0.05, 0.1) is 19.1 Å². The van der Waals surface area contributed by atoms with Crippen LogP contribution in [0.3, 0.4) is 0 Å². The quantitative estimate of drug-likeness (QED) is 0.728. The first-order chi connectivity index (χ1) is 12.2. The smallest absolute Gasteiger partial charge is 0.312 e. The van der Waals surface area contributed by atoms with E-state index in [1.165, 1.54) is 0 Å². The molecule has 132 valence electrons. The molecular formula is C17H20FN5O2. The van der Waals surface area contributed by atoms with Gasteiger partial charge in [-0.2, -0.15) is 14.4 Å². The molecule has 0 bridgehead atoms. The van der Waals surface area contributed by atoms with Crippen LogP contribution in [0, 0.1) is 13.0 Å². The lowest BCUT2D eigenvalue weighted by atomic mass is 10.2. The Hall–Kier alpha value is -2.48. The van der Waals surface area contributed by atoms with E-state index in [1.54, 1.807) is 17.2 Å². The van der Waals surface area contributed by atoms with E-state index in [2.05, 4.69) is 20.3 Å². The van der Waals surface area contributed by atoms with E-state index < -0.39 is 6.08 Å². The Kier molecular flexibility index (Phi) is 4.35. The van der Waals surface area contributed by atoms with Crippen LogP contribution in [0.25, 0.3) is 11.2 Å². The fourth-order valence-electron chi connectivity index (χ4n) is 3.10. The molecule has 1 aliphatic rings. The van der Waals surface area contributed by atoms with E-state index in [4.69, 9.17) is 9.15 Å². The molecular weight excluding hydrogens is 325 g/mol. The van der Waals surface area contributed by atoms with Crippen molar-refractivity contribution in [1.82, 2.24) is 19.5 Å². The van der Waals surface area contributed by atoms with Crippen LogP contribution in [-0.4, -0.2) is 26.1 Å². The van der Waals surface area contributed by atoms with Crippen LogP contribution in [0.2, 0.25) is 0 Å². The van der Waals surface area contributed by atoms with Gasteiger partial charge >= 0.3 is 6.08 Å². The van der Waals surface area contributed by atoms with Crippen molar-refractivity contribution in [2.24, 2.45) is 0 Å². The zero-order chi connectivity index (χ0) is 17.2. The zero-order valence-electron chi connectivity index (χ0n) is 14.0. The first-order valence-corrected chi connectivity index (χ1v) is 8.50. The number of fused-ring (bicyclic) bond motifs is 1. The van der Waals surface area contributed by atoms with Crippen molar-refractivity contribution in [3.63, 3.8) is 0 Å².